The second kappa shape index (κ2) is 8.13. The monoisotopic (exact) mass is 305 g/mol. The highest BCUT2D eigenvalue weighted by Crippen LogP contribution is 2.17. The normalized spacial score (nSPS) is 12.0. The highest BCUT2D eigenvalue weighted by atomic mass is 16.6. The van der Waals surface area contributed by atoms with E-state index in [-0.39, 0.29) is 0 Å². The summed E-state index contributed by atoms with van der Waals surface area (Å²) in [4.78, 5) is 11.5. The first kappa shape index (κ1) is 17.6. The molecule has 22 heavy (non-hydrogen) atoms. The van der Waals surface area contributed by atoms with Gasteiger partial charge in [-0.05, 0) is 39.3 Å². The molecule has 6 nitrogen and oxygen atoms in total. The molecule has 0 aliphatic heterocycles. The summed E-state index contributed by atoms with van der Waals surface area (Å²) in [5.74, 6) is 0.716. The van der Waals surface area contributed by atoms with Gasteiger partial charge in [0.2, 0.25) is 0 Å². The Morgan fingerprint density at radius 1 is 1.41 bits per heavy atom. The molecule has 120 valence electrons. The molecular weight excluding hydrogens is 282 g/mol. The van der Waals surface area contributed by atoms with Crippen LogP contribution < -0.4 is 15.4 Å². The lowest BCUT2D eigenvalue weighted by atomic mass is 10.2. The molecule has 0 aromatic heterocycles. The molecule has 0 bridgehead atoms. The Labute approximate surface area is 131 Å². The molecule has 0 saturated heterocycles. The van der Waals surface area contributed by atoms with Gasteiger partial charge < -0.3 is 20.1 Å². The van der Waals surface area contributed by atoms with Crippen LogP contribution in [0, 0.1) is 11.3 Å². The Hall–Kier alpha value is -2.42. The zero-order chi connectivity index (χ0) is 16.6. The minimum Gasteiger partial charge on any atom is -0.497 e. The Bertz CT molecular complexity index is 532. The number of ether oxygens (including phenoxy) is 2. The van der Waals surface area contributed by atoms with Crippen LogP contribution in [0.3, 0.4) is 0 Å². The van der Waals surface area contributed by atoms with Crippen LogP contribution >= 0.6 is 0 Å². The zero-order valence-corrected chi connectivity index (χ0v) is 13.5. The minimum absolute atomic E-state index is 0.351. The van der Waals surface area contributed by atoms with Gasteiger partial charge in [-0.15, -0.1) is 0 Å². The number of rotatable bonds is 6. The standard InChI is InChI=1S/C16H23N3O3/c1-16(2,3)22-15(20)18-9-8-13(11-17)19-12-6-5-7-14(10-12)21-4/h5-7,10,13,19H,8-9H2,1-4H3,(H,18,20). The molecule has 1 amide bonds. The number of alkyl carbamates (subject to hydrolysis) is 1. The van der Waals surface area contributed by atoms with Crippen LogP contribution in [0.5, 0.6) is 5.75 Å². The molecule has 1 atom stereocenters. The summed E-state index contributed by atoms with van der Waals surface area (Å²) < 4.78 is 10.3. The number of nitrogens with one attached hydrogen (secondary N) is 2. The van der Waals surface area contributed by atoms with E-state index in [0.717, 1.165) is 5.69 Å². The van der Waals surface area contributed by atoms with Gasteiger partial charge in [-0.2, -0.15) is 5.26 Å². The number of hydrogen-bond donors (Lipinski definition) is 2. The van der Waals surface area contributed by atoms with Crippen LogP contribution in [0.15, 0.2) is 24.3 Å². The number of hydrogen-bond acceptors (Lipinski definition) is 5. The van der Waals surface area contributed by atoms with E-state index >= 15 is 0 Å². The summed E-state index contributed by atoms with van der Waals surface area (Å²) >= 11 is 0. The average Bonchev–Trinajstić information content (AvgIpc) is 2.44. The van der Waals surface area contributed by atoms with Gasteiger partial charge in [-0.25, -0.2) is 4.79 Å². The number of nitriles is 1. The fourth-order valence-corrected chi connectivity index (χ4v) is 1.72. The largest absolute Gasteiger partial charge is 0.497 e. The minimum atomic E-state index is -0.530. The van der Waals surface area contributed by atoms with Gasteiger partial charge in [0.1, 0.15) is 17.4 Å². The molecule has 1 rings (SSSR count). The van der Waals surface area contributed by atoms with Crippen LogP contribution in [-0.2, 0) is 4.74 Å². The lowest BCUT2D eigenvalue weighted by Gasteiger charge is -2.20. The Kier molecular flexibility index (Phi) is 6.51. The van der Waals surface area contributed by atoms with Crippen molar-refractivity contribution in [1.29, 1.82) is 5.26 Å². The molecule has 1 aromatic rings. The Balaban J connectivity index is 2.42. The molecule has 0 heterocycles. The summed E-state index contributed by atoms with van der Waals surface area (Å²) in [5, 5.41) is 14.9. The van der Waals surface area contributed by atoms with Crippen LogP contribution in [0.25, 0.3) is 0 Å². The summed E-state index contributed by atoms with van der Waals surface area (Å²) in [6.07, 6.45) is -0.0157. The third kappa shape index (κ3) is 6.84. The van der Waals surface area contributed by atoms with Crippen molar-refractivity contribution in [3.8, 4) is 11.8 Å². The van der Waals surface area contributed by atoms with Crippen molar-refractivity contribution in [3.63, 3.8) is 0 Å². The number of anilines is 1. The van der Waals surface area contributed by atoms with Gasteiger partial charge in [-0.1, -0.05) is 6.07 Å². The molecule has 6 heteroatoms. The second-order valence-electron chi connectivity index (χ2n) is 5.78. The summed E-state index contributed by atoms with van der Waals surface area (Å²) in [7, 11) is 1.59. The SMILES string of the molecule is COc1cccc(NC(C#N)CCNC(=O)OC(C)(C)C)c1. The quantitative estimate of drug-likeness (QED) is 0.844. The predicted octanol–water partition coefficient (Wildman–Crippen LogP) is 2.91. The van der Waals surface area contributed by atoms with E-state index in [1.807, 2.05) is 24.3 Å². The zero-order valence-electron chi connectivity index (χ0n) is 13.5. The van der Waals surface area contributed by atoms with E-state index in [9.17, 15) is 10.1 Å². The van der Waals surface area contributed by atoms with E-state index in [4.69, 9.17) is 9.47 Å². The lowest BCUT2D eigenvalue weighted by molar-refractivity contribution is 0.0527. The molecule has 0 saturated carbocycles. The molecular formula is C16H23N3O3. The molecule has 0 radical (unpaired) electrons. The number of carbonyl (C=O) groups excluding carboxylic acids is 1. The van der Waals surface area contributed by atoms with Gasteiger partial charge in [0, 0.05) is 18.3 Å². The number of benzene rings is 1. The van der Waals surface area contributed by atoms with E-state index in [1.165, 1.54) is 0 Å². The molecule has 0 aliphatic rings. The topological polar surface area (TPSA) is 83.4 Å². The van der Waals surface area contributed by atoms with Gasteiger partial charge in [0.25, 0.3) is 0 Å². The van der Waals surface area contributed by atoms with E-state index in [2.05, 4.69) is 16.7 Å². The van der Waals surface area contributed by atoms with E-state index < -0.39 is 17.7 Å². The predicted molar refractivity (Wildman–Crippen MR) is 84.9 cm³/mol. The summed E-state index contributed by atoms with van der Waals surface area (Å²) in [6.45, 7) is 5.75. The molecule has 1 aromatic carbocycles. The number of nitrogens with zero attached hydrogens (tertiary/aromatic N) is 1. The first-order valence-electron chi connectivity index (χ1n) is 7.11. The molecule has 0 spiro atoms. The van der Waals surface area contributed by atoms with Crippen molar-refractivity contribution in [2.75, 3.05) is 19.0 Å². The van der Waals surface area contributed by atoms with Crippen molar-refractivity contribution in [3.05, 3.63) is 24.3 Å². The number of carbonyl (C=O) groups is 1. The van der Waals surface area contributed by atoms with Crippen LogP contribution in [0.1, 0.15) is 27.2 Å². The average molecular weight is 305 g/mol. The summed E-state index contributed by atoms with van der Waals surface area (Å²) in [5.41, 5.74) is 0.264. The summed E-state index contributed by atoms with van der Waals surface area (Å²) in [6, 6.07) is 9.09. The second-order valence-corrected chi connectivity index (χ2v) is 5.78. The highest BCUT2D eigenvalue weighted by molar-refractivity contribution is 5.67. The van der Waals surface area contributed by atoms with E-state index in [0.29, 0.717) is 18.7 Å². The Morgan fingerprint density at radius 2 is 2.14 bits per heavy atom. The fourth-order valence-electron chi connectivity index (χ4n) is 1.72. The molecule has 1 unspecified atom stereocenters. The smallest absolute Gasteiger partial charge is 0.407 e. The maximum absolute atomic E-state index is 11.5. The van der Waals surface area contributed by atoms with Crippen LogP contribution in [0.4, 0.5) is 10.5 Å². The fraction of sp³-hybridized carbons (Fsp3) is 0.500. The molecule has 2 N–H and O–H groups in total. The number of amides is 1. The third-order valence-corrected chi connectivity index (χ3v) is 2.67. The molecule has 0 aliphatic carbocycles. The highest BCUT2D eigenvalue weighted by Gasteiger charge is 2.16. The van der Waals surface area contributed by atoms with Crippen LogP contribution in [0.2, 0.25) is 0 Å². The van der Waals surface area contributed by atoms with Crippen molar-refractivity contribution in [2.24, 2.45) is 0 Å². The third-order valence-electron chi connectivity index (χ3n) is 2.67. The van der Waals surface area contributed by atoms with Crippen molar-refractivity contribution >= 4 is 11.8 Å². The molecule has 0 fully saturated rings. The maximum atomic E-state index is 11.5. The lowest BCUT2D eigenvalue weighted by Crippen LogP contribution is -2.34. The van der Waals surface area contributed by atoms with Crippen molar-refractivity contribution in [2.45, 2.75) is 38.8 Å². The van der Waals surface area contributed by atoms with E-state index in [1.54, 1.807) is 27.9 Å². The maximum Gasteiger partial charge on any atom is 0.407 e. The first-order chi connectivity index (χ1) is 10.3. The number of methoxy groups -OCH3 is 1. The van der Waals surface area contributed by atoms with Crippen molar-refractivity contribution < 1.29 is 14.3 Å². The first-order valence-corrected chi connectivity index (χ1v) is 7.11. The Morgan fingerprint density at radius 3 is 2.73 bits per heavy atom. The van der Waals surface area contributed by atoms with Gasteiger partial charge >= 0.3 is 6.09 Å². The van der Waals surface area contributed by atoms with Gasteiger partial charge in [0.15, 0.2) is 0 Å². The van der Waals surface area contributed by atoms with Crippen LogP contribution in [-0.4, -0.2) is 31.4 Å². The van der Waals surface area contributed by atoms with Crippen molar-refractivity contribution in [1.82, 2.24) is 5.32 Å². The van der Waals surface area contributed by atoms with Gasteiger partial charge in [-0.3, -0.25) is 0 Å². The van der Waals surface area contributed by atoms with Gasteiger partial charge in [0.05, 0.1) is 13.2 Å².